The van der Waals surface area contributed by atoms with E-state index in [2.05, 4.69) is 10.1 Å². The van der Waals surface area contributed by atoms with E-state index >= 15 is 0 Å². The number of hydrogen-bond donors (Lipinski definition) is 0. The van der Waals surface area contributed by atoms with Crippen LogP contribution in [0.25, 0.3) is 0 Å². The number of likely N-dealkylation sites (tertiary alicyclic amines) is 1. The lowest BCUT2D eigenvalue weighted by molar-refractivity contribution is -0.205. The number of aromatic nitrogens is 2. The minimum atomic E-state index is -4.56. The molecule has 0 aliphatic carbocycles. The summed E-state index contributed by atoms with van der Waals surface area (Å²) >= 11 is 0. The molecule has 0 N–H and O–H groups in total. The number of piperidine rings is 1. The summed E-state index contributed by atoms with van der Waals surface area (Å²) in [5.41, 5.74) is -2.94. The van der Waals surface area contributed by atoms with Crippen LogP contribution in [0.15, 0.2) is 4.52 Å². The van der Waals surface area contributed by atoms with E-state index in [-0.39, 0.29) is 43.6 Å². The number of ether oxygens (including phenoxy) is 2. The van der Waals surface area contributed by atoms with Gasteiger partial charge in [0.05, 0.1) is 12.5 Å². The second-order valence-corrected chi connectivity index (χ2v) is 8.42. The molecule has 3 rings (SSSR count). The summed E-state index contributed by atoms with van der Waals surface area (Å²) in [5.74, 6) is -0.348. The molecule has 1 aromatic rings. The Bertz CT molecular complexity index is 685. The molecule has 0 bridgehead atoms. The number of rotatable bonds is 2. The van der Waals surface area contributed by atoms with Crippen molar-refractivity contribution < 1.29 is 32.0 Å². The van der Waals surface area contributed by atoms with Gasteiger partial charge in [0.2, 0.25) is 5.89 Å². The van der Waals surface area contributed by atoms with Crippen LogP contribution in [0.5, 0.6) is 0 Å². The molecule has 1 unspecified atom stereocenters. The number of alkyl halides is 3. The number of halogens is 3. The predicted molar refractivity (Wildman–Crippen MR) is 91.9 cm³/mol. The third kappa shape index (κ3) is 4.26. The van der Waals surface area contributed by atoms with Gasteiger partial charge in [0, 0.05) is 19.7 Å². The number of amides is 1. The van der Waals surface area contributed by atoms with Crippen LogP contribution < -0.4 is 0 Å². The zero-order valence-electron chi connectivity index (χ0n) is 16.3. The van der Waals surface area contributed by atoms with Crippen LogP contribution in [0.3, 0.4) is 0 Å². The fraction of sp³-hybridized carbons (Fsp3) is 0.833. The lowest BCUT2D eigenvalue weighted by Crippen LogP contribution is -2.53. The van der Waals surface area contributed by atoms with Crippen LogP contribution in [0.2, 0.25) is 0 Å². The van der Waals surface area contributed by atoms with Crippen LogP contribution in [0.1, 0.15) is 64.1 Å². The minimum absolute atomic E-state index is 0.0924. The Morgan fingerprint density at radius 2 is 1.93 bits per heavy atom. The van der Waals surface area contributed by atoms with Crippen molar-refractivity contribution in [1.82, 2.24) is 15.0 Å². The predicted octanol–water partition coefficient (Wildman–Crippen LogP) is 3.79. The van der Waals surface area contributed by atoms with Gasteiger partial charge >= 0.3 is 12.3 Å². The van der Waals surface area contributed by atoms with Crippen molar-refractivity contribution in [3.05, 3.63) is 11.7 Å². The molecule has 0 radical (unpaired) electrons. The molecule has 0 saturated carbocycles. The highest BCUT2D eigenvalue weighted by atomic mass is 19.4. The van der Waals surface area contributed by atoms with Gasteiger partial charge in [-0.2, -0.15) is 18.2 Å². The van der Waals surface area contributed by atoms with Crippen molar-refractivity contribution in [2.24, 2.45) is 0 Å². The van der Waals surface area contributed by atoms with Crippen molar-refractivity contribution in [1.29, 1.82) is 0 Å². The first kappa shape index (κ1) is 20.9. The first-order chi connectivity index (χ1) is 13.0. The molecule has 7 nitrogen and oxygen atoms in total. The Hall–Kier alpha value is -1.84. The maximum Gasteiger partial charge on any atom is 0.410 e. The van der Waals surface area contributed by atoms with Crippen LogP contribution in [0.4, 0.5) is 18.0 Å². The molecule has 2 fully saturated rings. The average molecular weight is 405 g/mol. The highest BCUT2D eigenvalue weighted by Gasteiger charge is 2.60. The molecule has 2 saturated heterocycles. The molecular formula is C18H26F3N3O4. The largest absolute Gasteiger partial charge is 0.444 e. The molecule has 2 aliphatic rings. The number of carbonyl (C=O) groups excluding carboxylic acids is 1. The fourth-order valence-corrected chi connectivity index (χ4v) is 3.56. The van der Waals surface area contributed by atoms with Crippen molar-refractivity contribution in [2.45, 2.75) is 69.6 Å². The second-order valence-electron chi connectivity index (χ2n) is 8.42. The lowest BCUT2D eigenvalue weighted by atomic mass is 9.77. The van der Waals surface area contributed by atoms with E-state index in [4.69, 9.17) is 14.0 Å². The Balaban J connectivity index is 1.77. The second kappa shape index (κ2) is 7.53. The van der Waals surface area contributed by atoms with Gasteiger partial charge in [-0.1, -0.05) is 5.16 Å². The molecule has 1 atom stereocenters. The molecule has 2 aliphatic heterocycles. The van der Waals surface area contributed by atoms with Gasteiger partial charge in [0.1, 0.15) is 11.0 Å². The molecular weight excluding hydrogens is 379 g/mol. The fourth-order valence-electron chi connectivity index (χ4n) is 3.56. The highest BCUT2D eigenvalue weighted by molar-refractivity contribution is 5.68. The van der Waals surface area contributed by atoms with Crippen LogP contribution in [0, 0.1) is 0 Å². The van der Waals surface area contributed by atoms with E-state index in [1.807, 2.05) is 0 Å². The summed E-state index contributed by atoms with van der Waals surface area (Å²) in [4.78, 5) is 17.6. The normalized spacial score (nSPS) is 23.5. The van der Waals surface area contributed by atoms with Gasteiger partial charge in [0.15, 0.2) is 5.82 Å². The van der Waals surface area contributed by atoms with Crippen LogP contribution in [-0.2, 0) is 14.9 Å². The van der Waals surface area contributed by atoms with Gasteiger partial charge in [-0.05, 0) is 46.5 Å². The quantitative estimate of drug-likeness (QED) is 0.745. The van der Waals surface area contributed by atoms with Gasteiger partial charge < -0.3 is 18.9 Å². The van der Waals surface area contributed by atoms with Crippen molar-refractivity contribution in [2.75, 3.05) is 26.3 Å². The molecule has 1 aromatic heterocycles. The SMILES string of the molecule is CC(C)(C)OC(=O)N1CCC(c2noc(C3CCCOC3)n2)(C(F)(F)F)CC1. The third-order valence-electron chi connectivity index (χ3n) is 5.19. The molecule has 0 spiro atoms. The highest BCUT2D eigenvalue weighted by Crippen LogP contribution is 2.47. The third-order valence-corrected chi connectivity index (χ3v) is 5.19. The van der Waals surface area contributed by atoms with E-state index < -0.39 is 23.3 Å². The average Bonchev–Trinajstić information content (AvgIpc) is 3.10. The number of hydrogen-bond acceptors (Lipinski definition) is 6. The first-order valence-electron chi connectivity index (χ1n) is 9.48. The van der Waals surface area contributed by atoms with E-state index in [9.17, 15) is 18.0 Å². The van der Waals surface area contributed by atoms with Gasteiger partial charge in [-0.25, -0.2) is 4.79 Å². The molecule has 0 aromatic carbocycles. The van der Waals surface area contributed by atoms with Gasteiger partial charge in [0.25, 0.3) is 0 Å². The number of carbonyl (C=O) groups is 1. The van der Waals surface area contributed by atoms with E-state index in [1.165, 1.54) is 4.90 Å². The summed E-state index contributed by atoms with van der Waals surface area (Å²) in [6.45, 7) is 5.95. The summed E-state index contributed by atoms with van der Waals surface area (Å²) in [6, 6.07) is 0. The molecule has 10 heteroatoms. The Kier molecular flexibility index (Phi) is 5.62. The Labute approximate surface area is 161 Å². The molecule has 3 heterocycles. The smallest absolute Gasteiger partial charge is 0.410 e. The minimum Gasteiger partial charge on any atom is -0.444 e. The summed E-state index contributed by atoms with van der Waals surface area (Å²) < 4.78 is 57.9. The maximum atomic E-state index is 14.1. The van der Waals surface area contributed by atoms with Crippen LogP contribution in [-0.4, -0.2) is 59.2 Å². The van der Waals surface area contributed by atoms with E-state index in [1.54, 1.807) is 20.8 Å². The number of nitrogens with zero attached hydrogens (tertiary/aromatic N) is 3. The monoisotopic (exact) mass is 405 g/mol. The van der Waals surface area contributed by atoms with Gasteiger partial charge in [-0.3, -0.25) is 0 Å². The molecule has 1 amide bonds. The van der Waals surface area contributed by atoms with Crippen molar-refractivity contribution >= 4 is 6.09 Å². The van der Waals surface area contributed by atoms with Crippen molar-refractivity contribution in [3.63, 3.8) is 0 Å². The standard InChI is InChI=1S/C18H26F3N3O4/c1-16(2,3)27-15(25)24-8-6-17(7-9-24,18(19,20)21)14-22-13(28-23-14)12-5-4-10-26-11-12/h12H,4-11H2,1-3H3. The Morgan fingerprint density at radius 1 is 1.25 bits per heavy atom. The summed E-state index contributed by atoms with van der Waals surface area (Å²) in [5, 5.41) is 3.69. The topological polar surface area (TPSA) is 77.7 Å². The zero-order chi connectivity index (χ0) is 20.6. The zero-order valence-corrected chi connectivity index (χ0v) is 16.3. The maximum absolute atomic E-state index is 14.1. The Morgan fingerprint density at radius 3 is 2.46 bits per heavy atom. The summed E-state index contributed by atoms with van der Waals surface area (Å²) in [7, 11) is 0. The molecule has 28 heavy (non-hydrogen) atoms. The summed E-state index contributed by atoms with van der Waals surface area (Å²) in [6.07, 6.45) is -4.30. The first-order valence-corrected chi connectivity index (χ1v) is 9.48. The lowest BCUT2D eigenvalue weighted by Gasteiger charge is -2.40. The van der Waals surface area contributed by atoms with Gasteiger partial charge in [-0.15, -0.1) is 0 Å². The van der Waals surface area contributed by atoms with Crippen molar-refractivity contribution in [3.8, 4) is 0 Å². The van der Waals surface area contributed by atoms with E-state index in [0.717, 1.165) is 12.8 Å². The van der Waals surface area contributed by atoms with Crippen LogP contribution >= 0.6 is 0 Å². The van der Waals surface area contributed by atoms with E-state index in [0.29, 0.717) is 13.2 Å². The molecule has 158 valence electrons.